The minimum absolute atomic E-state index is 0.176. The first-order valence-electron chi connectivity index (χ1n) is 8.48. The molecule has 1 aliphatic rings. The highest BCUT2D eigenvalue weighted by Gasteiger charge is 2.56. The molecule has 1 aromatic carbocycles. The third kappa shape index (κ3) is 3.60. The molecule has 1 saturated heterocycles. The Morgan fingerprint density at radius 2 is 1.96 bits per heavy atom. The Hall–Kier alpha value is -2.30. The van der Waals surface area contributed by atoms with E-state index in [9.17, 15) is 24.9 Å². The van der Waals surface area contributed by atoms with E-state index >= 15 is 0 Å². The number of aryl methyl sites for hydroxylation is 1. The van der Waals surface area contributed by atoms with E-state index < -0.39 is 41.9 Å². The summed E-state index contributed by atoms with van der Waals surface area (Å²) in [6, 6.07) is 9.24. The number of H-pyrrole nitrogens is 1. The number of hydrogen-bond acceptors (Lipinski definition) is 7. The van der Waals surface area contributed by atoms with Gasteiger partial charge in [0.15, 0.2) is 0 Å². The van der Waals surface area contributed by atoms with Crippen LogP contribution in [0.5, 0.6) is 0 Å². The molecule has 0 saturated carbocycles. The van der Waals surface area contributed by atoms with Crippen LogP contribution >= 0.6 is 0 Å². The molecular weight excluding hydrogens is 356 g/mol. The molecule has 146 valence electrons. The number of aliphatic hydroxyl groups is 3. The van der Waals surface area contributed by atoms with Gasteiger partial charge < -0.3 is 24.8 Å². The van der Waals surface area contributed by atoms with Crippen molar-refractivity contribution in [2.24, 2.45) is 0 Å². The van der Waals surface area contributed by atoms with E-state index in [1.54, 1.807) is 0 Å². The predicted octanol–water partition coefficient (Wildman–Crippen LogP) is -1.17. The standard InChI is InChI=1S/C18H22N2O7/c1-11-7-20(17(25)19-16(11)24)18(15(23)14(22)13(8-21)27-18)10-26-9-12-5-3-2-4-6-12/h2-7,13-15,21-23H,8-10H2,1H3,(H,19,24,25)/t13-,14-,15-,18-/m1/s1. The summed E-state index contributed by atoms with van der Waals surface area (Å²) in [6.45, 7) is 0.821. The first kappa shape index (κ1) is 19.5. The van der Waals surface area contributed by atoms with E-state index in [0.717, 1.165) is 10.1 Å². The van der Waals surface area contributed by atoms with Crippen molar-refractivity contribution < 1.29 is 24.8 Å². The summed E-state index contributed by atoms with van der Waals surface area (Å²) in [5.74, 6) is 0. The molecule has 4 N–H and O–H groups in total. The summed E-state index contributed by atoms with van der Waals surface area (Å²) >= 11 is 0. The number of nitrogens with zero attached hydrogens (tertiary/aromatic N) is 1. The summed E-state index contributed by atoms with van der Waals surface area (Å²) < 4.78 is 12.4. The van der Waals surface area contributed by atoms with Crippen molar-refractivity contribution in [1.82, 2.24) is 9.55 Å². The van der Waals surface area contributed by atoms with Gasteiger partial charge in [-0.3, -0.25) is 14.3 Å². The lowest BCUT2D eigenvalue weighted by molar-refractivity contribution is -0.187. The van der Waals surface area contributed by atoms with E-state index in [-0.39, 0.29) is 18.8 Å². The van der Waals surface area contributed by atoms with Gasteiger partial charge in [-0.2, -0.15) is 0 Å². The average Bonchev–Trinajstić information content (AvgIpc) is 2.91. The first-order chi connectivity index (χ1) is 12.9. The van der Waals surface area contributed by atoms with Crippen LogP contribution in [0.4, 0.5) is 0 Å². The van der Waals surface area contributed by atoms with Crippen LogP contribution in [0.1, 0.15) is 11.1 Å². The molecule has 0 aliphatic carbocycles. The van der Waals surface area contributed by atoms with Gasteiger partial charge in [0.25, 0.3) is 5.56 Å². The second kappa shape index (κ2) is 7.75. The number of rotatable bonds is 6. The number of ether oxygens (including phenoxy) is 2. The fourth-order valence-electron chi connectivity index (χ4n) is 3.14. The summed E-state index contributed by atoms with van der Waals surface area (Å²) in [4.78, 5) is 26.2. The molecule has 1 aliphatic heterocycles. The molecular formula is C18H22N2O7. The maximum Gasteiger partial charge on any atom is 0.330 e. The van der Waals surface area contributed by atoms with E-state index in [0.29, 0.717) is 0 Å². The van der Waals surface area contributed by atoms with Crippen molar-refractivity contribution >= 4 is 0 Å². The van der Waals surface area contributed by atoms with Crippen molar-refractivity contribution in [2.75, 3.05) is 13.2 Å². The Labute approximate surface area is 154 Å². The maximum atomic E-state index is 12.4. The topological polar surface area (TPSA) is 134 Å². The monoisotopic (exact) mass is 378 g/mol. The van der Waals surface area contributed by atoms with Crippen molar-refractivity contribution in [3.8, 4) is 0 Å². The van der Waals surface area contributed by atoms with Gasteiger partial charge >= 0.3 is 5.69 Å². The summed E-state index contributed by atoms with van der Waals surface area (Å²) in [5.41, 5.74) is -2.10. The van der Waals surface area contributed by atoms with Crippen molar-refractivity contribution in [3.05, 3.63) is 68.5 Å². The minimum Gasteiger partial charge on any atom is -0.394 e. The minimum atomic E-state index is -1.80. The zero-order chi connectivity index (χ0) is 19.6. The third-order valence-corrected chi connectivity index (χ3v) is 4.65. The number of benzene rings is 1. The SMILES string of the molecule is Cc1cn([C@]2(COCc3ccccc3)O[C@H](CO)[C@@H](O)[C@H]2O)c(=O)[nH]c1=O. The van der Waals surface area contributed by atoms with Gasteiger partial charge in [0, 0.05) is 11.8 Å². The normalized spacial score (nSPS) is 27.8. The van der Waals surface area contributed by atoms with Crippen LogP contribution < -0.4 is 11.2 Å². The number of aromatic nitrogens is 2. The van der Waals surface area contributed by atoms with Gasteiger partial charge in [0.2, 0.25) is 5.72 Å². The molecule has 2 aromatic rings. The van der Waals surface area contributed by atoms with Crippen LogP contribution in [-0.4, -0.2) is 56.4 Å². The van der Waals surface area contributed by atoms with E-state index in [2.05, 4.69) is 4.98 Å². The summed E-state index contributed by atoms with van der Waals surface area (Å²) in [7, 11) is 0. The second-order valence-electron chi connectivity index (χ2n) is 6.54. The molecule has 0 spiro atoms. The molecule has 27 heavy (non-hydrogen) atoms. The Morgan fingerprint density at radius 1 is 1.26 bits per heavy atom. The molecule has 2 heterocycles. The molecule has 0 bridgehead atoms. The van der Waals surface area contributed by atoms with Gasteiger partial charge in [0.05, 0.1) is 19.8 Å². The molecule has 0 unspecified atom stereocenters. The number of nitrogens with one attached hydrogen (secondary N) is 1. The van der Waals surface area contributed by atoms with E-state index in [1.165, 1.54) is 13.1 Å². The largest absolute Gasteiger partial charge is 0.394 e. The molecule has 3 rings (SSSR count). The fraction of sp³-hybridized carbons (Fsp3) is 0.444. The number of aliphatic hydroxyl groups excluding tert-OH is 3. The zero-order valence-corrected chi connectivity index (χ0v) is 14.7. The highest BCUT2D eigenvalue weighted by Crippen LogP contribution is 2.35. The third-order valence-electron chi connectivity index (χ3n) is 4.65. The molecule has 0 amide bonds. The molecule has 0 radical (unpaired) electrons. The van der Waals surface area contributed by atoms with Crippen LogP contribution in [-0.2, 0) is 21.8 Å². The Balaban J connectivity index is 1.96. The average molecular weight is 378 g/mol. The molecule has 9 heteroatoms. The van der Waals surface area contributed by atoms with Gasteiger partial charge in [0.1, 0.15) is 18.3 Å². The van der Waals surface area contributed by atoms with Crippen molar-refractivity contribution in [3.63, 3.8) is 0 Å². The van der Waals surface area contributed by atoms with Crippen molar-refractivity contribution in [1.29, 1.82) is 0 Å². The first-order valence-corrected chi connectivity index (χ1v) is 8.48. The van der Waals surface area contributed by atoms with Gasteiger partial charge in [-0.1, -0.05) is 30.3 Å². The lowest BCUT2D eigenvalue weighted by atomic mass is 10.0. The summed E-state index contributed by atoms with van der Waals surface area (Å²) in [5, 5.41) is 30.3. The summed E-state index contributed by atoms with van der Waals surface area (Å²) in [6.07, 6.45) is -2.87. The number of hydrogen-bond donors (Lipinski definition) is 4. The fourth-order valence-corrected chi connectivity index (χ4v) is 3.14. The lowest BCUT2D eigenvalue weighted by Gasteiger charge is -2.33. The smallest absolute Gasteiger partial charge is 0.330 e. The number of aromatic amines is 1. The molecule has 1 fully saturated rings. The van der Waals surface area contributed by atoms with Crippen LogP contribution in [0.2, 0.25) is 0 Å². The van der Waals surface area contributed by atoms with Crippen LogP contribution in [0, 0.1) is 6.92 Å². The zero-order valence-electron chi connectivity index (χ0n) is 14.7. The quantitative estimate of drug-likeness (QED) is 0.497. The predicted molar refractivity (Wildman–Crippen MR) is 94.1 cm³/mol. The highest BCUT2D eigenvalue weighted by atomic mass is 16.6. The molecule has 9 nitrogen and oxygen atoms in total. The Bertz CT molecular complexity index is 895. The second-order valence-corrected chi connectivity index (χ2v) is 6.54. The highest BCUT2D eigenvalue weighted by molar-refractivity contribution is 5.13. The van der Waals surface area contributed by atoms with Gasteiger partial charge in [-0.05, 0) is 12.5 Å². The van der Waals surface area contributed by atoms with E-state index in [4.69, 9.17) is 9.47 Å². The molecule has 4 atom stereocenters. The van der Waals surface area contributed by atoms with Crippen LogP contribution in [0.25, 0.3) is 0 Å². The van der Waals surface area contributed by atoms with Crippen molar-refractivity contribution in [2.45, 2.75) is 37.6 Å². The Kier molecular flexibility index (Phi) is 5.59. The molecule has 1 aromatic heterocycles. The lowest BCUT2D eigenvalue weighted by Crippen LogP contribution is -2.54. The van der Waals surface area contributed by atoms with Crippen LogP contribution in [0.15, 0.2) is 46.1 Å². The Morgan fingerprint density at radius 3 is 2.59 bits per heavy atom. The van der Waals surface area contributed by atoms with E-state index in [1.807, 2.05) is 30.3 Å². The van der Waals surface area contributed by atoms with Gasteiger partial charge in [-0.15, -0.1) is 0 Å². The van der Waals surface area contributed by atoms with Crippen LogP contribution in [0.3, 0.4) is 0 Å². The van der Waals surface area contributed by atoms with Gasteiger partial charge in [-0.25, -0.2) is 4.79 Å². The maximum absolute atomic E-state index is 12.4.